The average Bonchev–Trinajstić information content (AvgIpc) is 3.36. The van der Waals surface area contributed by atoms with Crippen molar-refractivity contribution in [3.05, 3.63) is 36.2 Å². The summed E-state index contributed by atoms with van der Waals surface area (Å²) >= 11 is 0. The van der Waals surface area contributed by atoms with Crippen LogP contribution in [0.25, 0.3) is 0 Å². The summed E-state index contributed by atoms with van der Waals surface area (Å²) in [5.74, 6) is 2.52. The molecule has 0 bridgehead atoms. The molecule has 0 aliphatic carbocycles. The number of aliphatic imine (C=N–C) groups is 1. The number of aryl methyl sites for hydroxylation is 1. The number of guanidine groups is 1. The average molecular weight is 345 g/mol. The minimum atomic E-state index is 0.272. The van der Waals surface area contributed by atoms with Gasteiger partial charge in [0.05, 0.1) is 6.10 Å². The third-order valence-electron chi connectivity index (χ3n) is 4.41. The summed E-state index contributed by atoms with van der Waals surface area (Å²) in [5, 5.41) is 15.0. The first kappa shape index (κ1) is 17.5. The van der Waals surface area contributed by atoms with E-state index in [2.05, 4.69) is 42.8 Å². The van der Waals surface area contributed by atoms with E-state index in [-0.39, 0.29) is 6.10 Å². The molecule has 3 rings (SSSR count). The summed E-state index contributed by atoms with van der Waals surface area (Å²) < 4.78 is 9.77. The lowest BCUT2D eigenvalue weighted by Crippen LogP contribution is -2.42. The highest BCUT2D eigenvalue weighted by molar-refractivity contribution is 5.79. The zero-order valence-electron chi connectivity index (χ0n) is 15.0. The Balaban J connectivity index is 1.55. The van der Waals surface area contributed by atoms with Gasteiger partial charge in [-0.3, -0.25) is 0 Å². The first-order valence-corrected chi connectivity index (χ1v) is 8.82. The molecular formula is C17H27N7O. The third kappa shape index (κ3) is 5.06. The van der Waals surface area contributed by atoms with E-state index in [1.807, 2.05) is 30.7 Å². The standard InChI is InChI=1S/C17H27N7O/c1-14-21-22-16(23(14)2)13-20-17(19-12-15-6-5-11-25-15)18-7-10-24-8-3-4-9-24/h3-4,8-9,15H,5-7,10-13H2,1-2H3,(H2,18,19,20). The van der Waals surface area contributed by atoms with Crippen molar-refractivity contribution in [3.63, 3.8) is 0 Å². The molecule has 8 heteroatoms. The molecule has 2 aromatic rings. The molecule has 8 nitrogen and oxygen atoms in total. The number of hydrogen-bond acceptors (Lipinski definition) is 4. The number of ether oxygens (including phenoxy) is 1. The fourth-order valence-electron chi connectivity index (χ4n) is 2.75. The van der Waals surface area contributed by atoms with E-state index in [0.717, 1.165) is 56.7 Å². The van der Waals surface area contributed by atoms with Crippen molar-refractivity contribution in [3.8, 4) is 0 Å². The molecule has 1 fully saturated rings. The van der Waals surface area contributed by atoms with E-state index in [4.69, 9.17) is 4.74 Å². The van der Waals surface area contributed by atoms with E-state index in [0.29, 0.717) is 6.54 Å². The first-order valence-electron chi connectivity index (χ1n) is 8.82. The number of hydrogen-bond donors (Lipinski definition) is 2. The van der Waals surface area contributed by atoms with Crippen LogP contribution in [0.4, 0.5) is 0 Å². The number of aromatic nitrogens is 4. The van der Waals surface area contributed by atoms with E-state index < -0.39 is 0 Å². The lowest BCUT2D eigenvalue weighted by atomic mass is 10.2. The molecule has 2 aromatic heterocycles. The van der Waals surface area contributed by atoms with Crippen LogP contribution in [0.2, 0.25) is 0 Å². The van der Waals surface area contributed by atoms with E-state index in [1.165, 1.54) is 0 Å². The quantitative estimate of drug-likeness (QED) is 0.574. The van der Waals surface area contributed by atoms with Gasteiger partial charge in [0, 0.05) is 45.7 Å². The van der Waals surface area contributed by atoms with Crippen molar-refractivity contribution in [2.24, 2.45) is 12.0 Å². The minimum Gasteiger partial charge on any atom is -0.376 e. The molecule has 0 spiro atoms. The molecule has 0 amide bonds. The van der Waals surface area contributed by atoms with Gasteiger partial charge < -0.3 is 24.5 Å². The van der Waals surface area contributed by atoms with Crippen LogP contribution in [0.15, 0.2) is 29.5 Å². The Morgan fingerprint density at radius 2 is 2.16 bits per heavy atom. The predicted molar refractivity (Wildman–Crippen MR) is 96.3 cm³/mol. The molecular weight excluding hydrogens is 318 g/mol. The molecule has 1 unspecified atom stereocenters. The maximum absolute atomic E-state index is 5.68. The van der Waals surface area contributed by atoms with Gasteiger partial charge in [-0.2, -0.15) is 0 Å². The number of nitrogens with zero attached hydrogens (tertiary/aromatic N) is 5. The van der Waals surface area contributed by atoms with Crippen LogP contribution >= 0.6 is 0 Å². The molecule has 1 atom stereocenters. The summed E-state index contributed by atoms with van der Waals surface area (Å²) in [7, 11) is 1.96. The summed E-state index contributed by atoms with van der Waals surface area (Å²) in [4.78, 5) is 4.65. The first-order chi connectivity index (χ1) is 12.2. The van der Waals surface area contributed by atoms with Crippen molar-refractivity contribution in [2.45, 2.75) is 39.0 Å². The van der Waals surface area contributed by atoms with Gasteiger partial charge in [0.1, 0.15) is 12.4 Å². The Labute approximate surface area is 148 Å². The van der Waals surface area contributed by atoms with Crippen LogP contribution in [0.3, 0.4) is 0 Å². The monoisotopic (exact) mass is 345 g/mol. The van der Waals surface area contributed by atoms with Crippen LogP contribution in [-0.4, -0.2) is 51.1 Å². The lowest BCUT2D eigenvalue weighted by molar-refractivity contribution is 0.114. The highest BCUT2D eigenvalue weighted by atomic mass is 16.5. The Morgan fingerprint density at radius 3 is 2.84 bits per heavy atom. The maximum atomic E-state index is 5.68. The summed E-state index contributed by atoms with van der Waals surface area (Å²) in [6, 6.07) is 4.06. The van der Waals surface area contributed by atoms with Gasteiger partial charge in [-0.25, -0.2) is 4.99 Å². The van der Waals surface area contributed by atoms with Crippen molar-refractivity contribution in [2.75, 3.05) is 19.7 Å². The molecule has 2 N–H and O–H groups in total. The second kappa shape index (κ2) is 8.66. The van der Waals surface area contributed by atoms with Crippen molar-refractivity contribution < 1.29 is 4.74 Å². The molecule has 0 saturated carbocycles. The highest BCUT2D eigenvalue weighted by Gasteiger charge is 2.15. The number of nitrogens with one attached hydrogen (secondary N) is 2. The molecule has 1 saturated heterocycles. The van der Waals surface area contributed by atoms with Crippen molar-refractivity contribution >= 4 is 5.96 Å². The molecule has 25 heavy (non-hydrogen) atoms. The maximum Gasteiger partial charge on any atom is 0.191 e. The van der Waals surface area contributed by atoms with Crippen molar-refractivity contribution in [1.29, 1.82) is 0 Å². The molecule has 1 aliphatic heterocycles. The zero-order chi connectivity index (χ0) is 17.5. The van der Waals surface area contributed by atoms with Gasteiger partial charge in [0.25, 0.3) is 0 Å². The molecule has 0 aromatic carbocycles. The van der Waals surface area contributed by atoms with Gasteiger partial charge in [0.2, 0.25) is 0 Å². The fraction of sp³-hybridized carbons (Fsp3) is 0.588. The van der Waals surface area contributed by atoms with Gasteiger partial charge in [0.15, 0.2) is 11.8 Å². The van der Waals surface area contributed by atoms with Crippen LogP contribution in [0.1, 0.15) is 24.5 Å². The van der Waals surface area contributed by atoms with Crippen LogP contribution in [0, 0.1) is 6.92 Å². The Kier molecular flexibility index (Phi) is 6.05. The summed E-state index contributed by atoms with van der Waals surface area (Å²) in [6.07, 6.45) is 6.62. The predicted octanol–water partition coefficient (Wildman–Crippen LogP) is 0.839. The highest BCUT2D eigenvalue weighted by Crippen LogP contribution is 2.10. The van der Waals surface area contributed by atoms with Gasteiger partial charge in [-0.1, -0.05) is 0 Å². The SMILES string of the molecule is Cc1nnc(CN=C(NCCn2cccc2)NCC2CCCO2)n1C. The minimum absolute atomic E-state index is 0.272. The molecule has 0 radical (unpaired) electrons. The largest absolute Gasteiger partial charge is 0.376 e. The molecule has 3 heterocycles. The second-order valence-electron chi connectivity index (χ2n) is 6.25. The topological polar surface area (TPSA) is 81.3 Å². The van der Waals surface area contributed by atoms with E-state index >= 15 is 0 Å². The van der Waals surface area contributed by atoms with Gasteiger partial charge >= 0.3 is 0 Å². The zero-order valence-corrected chi connectivity index (χ0v) is 15.0. The van der Waals surface area contributed by atoms with Crippen LogP contribution in [0.5, 0.6) is 0 Å². The van der Waals surface area contributed by atoms with Crippen molar-refractivity contribution in [1.82, 2.24) is 30.0 Å². The Morgan fingerprint density at radius 1 is 1.32 bits per heavy atom. The van der Waals surface area contributed by atoms with E-state index in [9.17, 15) is 0 Å². The molecule has 1 aliphatic rings. The van der Waals surface area contributed by atoms with Crippen LogP contribution < -0.4 is 10.6 Å². The summed E-state index contributed by atoms with van der Waals surface area (Å²) in [5.41, 5.74) is 0. The van der Waals surface area contributed by atoms with Gasteiger partial charge in [-0.05, 0) is 31.9 Å². The Bertz CT molecular complexity index is 671. The van der Waals surface area contributed by atoms with E-state index in [1.54, 1.807) is 0 Å². The molecule has 136 valence electrons. The normalized spacial score (nSPS) is 17.8. The van der Waals surface area contributed by atoms with Crippen LogP contribution in [-0.2, 0) is 24.9 Å². The second-order valence-corrected chi connectivity index (χ2v) is 6.25. The number of rotatable bonds is 7. The lowest BCUT2D eigenvalue weighted by Gasteiger charge is -2.16. The smallest absolute Gasteiger partial charge is 0.191 e. The fourth-order valence-corrected chi connectivity index (χ4v) is 2.75. The summed E-state index contributed by atoms with van der Waals surface area (Å²) in [6.45, 7) is 5.74. The van der Waals surface area contributed by atoms with Gasteiger partial charge in [-0.15, -0.1) is 10.2 Å². The Hall–Kier alpha value is -2.35. The third-order valence-corrected chi connectivity index (χ3v) is 4.41.